The smallest absolute Gasteiger partial charge is 0.389 e. The number of halogens is 3. The highest BCUT2D eigenvalue weighted by molar-refractivity contribution is 7.91. The number of benzene rings is 2. The minimum Gasteiger partial charge on any atom is -0.508 e. The van der Waals surface area contributed by atoms with E-state index >= 15 is 0 Å². The van der Waals surface area contributed by atoms with E-state index in [0.717, 1.165) is 70.0 Å². The van der Waals surface area contributed by atoms with Gasteiger partial charge in [-0.1, -0.05) is 31.0 Å². The number of aryl methyl sites for hydroxylation is 1. The summed E-state index contributed by atoms with van der Waals surface area (Å²) in [5, 5.41) is 20.1. The lowest BCUT2D eigenvalue weighted by Gasteiger charge is -2.18. The van der Waals surface area contributed by atoms with Crippen molar-refractivity contribution in [3.05, 3.63) is 59.2 Å². The Morgan fingerprint density at radius 2 is 1.51 bits per heavy atom. The lowest BCUT2D eigenvalue weighted by atomic mass is 9.89. The van der Waals surface area contributed by atoms with E-state index in [2.05, 4.69) is 11.0 Å². The van der Waals surface area contributed by atoms with E-state index in [1.54, 1.807) is 12.1 Å². The summed E-state index contributed by atoms with van der Waals surface area (Å²) in [6.07, 6.45) is 3.42. The zero-order valence-electron chi connectivity index (χ0n) is 24.1. The van der Waals surface area contributed by atoms with Crippen LogP contribution in [0.15, 0.2) is 42.5 Å². The molecular formula is C32H44F3NO4S. The summed E-state index contributed by atoms with van der Waals surface area (Å²) < 4.78 is 60.6. The van der Waals surface area contributed by atoms with Crippen molar-refractivity contribution in [2.24, 2.45) is 0 Å². The molecule has 0 radical (unpaired) electrons. The third-order valence-corrected chi connectivity index (χ3v) is 9.54. The Kier molecular flexibility index (Phi) is 12.6. The van der Waals surface area contributed by atoms with Gasteiger partial charge in [-0.05, 0) is 130 Å². The molecule has 0 fully saturated rings. The molecule has 0 saturated carbocycles. The Morgan fingerprint density at radius 1 is 0.829 bits per heavy atom. The van der Waals surface area contributed by atoms with Gasteiger partial charge in [0, 0.05) is 6.42 Å². The van der Waals surface area contributed by atoms with Crippen molar-refractivity contribution in [3.63, 3.8) is 0 Å². The van der Waals surface area contributed by atoms with Gasteiger partial charge in [-0.2, -0.15) is 13.2 Å². The van der Waals surface area contributed by atoms with E-state index < -0.39 is 28.2 Å². The van der Waals surface area contributed by atoms with Crippen LogP contribution in [0.4, 0.5) is 13.2 Å². The van der Waals surface area contributed by atoms with Gasteiger partial charge in [0.05, 0.1) is 11.5 Å². The molecule has 9 heteroatoms. The first-order valence-corrected chi connectivity index (χ1v) is 16.5. The molecule has 2 aromatic carbocycles. The summed E-state index contributed by atoms with van der Waals surface area (Å²) in [6, 6.07) is 13.1. The third kappa shape index (κ3) is 11.7. The first kappa shape index (κ1) is 33.0. The Labute approximate surface area is 243 Å². The second-order valence-corrected chi connectivity index (χ2v) is 13.6. The normalized spacial score (nSPS) is 14.4. The third-order valence-electron chi connectivity index (χ3n) is 7.72. The predicted molar refractivity (Wildman–Crippen MR) is 160 cm³/mol. The van der Waals surface area contributed by atoms with E-state index in [9.17, 15) is 31.8 Å². The molecule has 3 rings (SSSR count). The van der Waals surface area contributed by atoms with Crippen LogP contribution in [-0.4, -0.2) is 61.3 Å². The molecular weight excluding hydrogens is 551 g/mol. The van der Waals surface area contributed by atoms with Crippen molar-refractivity contribution in [2.45, 2.75) is 83.2 Å². The average molecular weight is 596 g/mol. The van der Waals surface area contributed by atoms with Crippen LogP contribution in [0, 0.1) is 0 Å². The maximum Gasteiger partial charge on any atom is 0.389 e. The predicted octanol–water partition coefficient (Wildman–Crippen LogP) is 7.76. The molecule has 0 aliphatic heterocycles. The number of allylic oxidation sites excluding steroid dienone is 2. The molecule has 228 valence electrons. The largest absolute Gasteiger partial charge is 0.508 e. The number of hydrogen-bond acceptors (Lipinski definition) is 5. The van der Waals surface area contributed by atoms with Gasteiger partial charge in [-0.3, -0.25) is 0 Å². The second-order valence-electron chi connectivity index (χ2n) is 11.2. The molecule has 5 nitrogen and oxygen atoms in total. The van der Waals surface area contributed by atoms with Gasteiger partial charge in [0.1, 0.15) is 21.3 Å². The first-order valence-electron chi connectivity index (χ1n) is 14.7. The van der Waals surface area contributed by atoms with Crippen molar-refractivity contribution in [1.82, 2.24) is 4.90 Å². The Bertz CT molecular complexity index is 1260. The zero-order valence-corrected chi connectivity index (χ0v) is 24.9. The number of nitrogens with zero attached hydrogens (tertiary/aromatic N) is 1. The van der Waals surface area contributed by atoms with Gasteiger partial charge in [0.2, 0.25) is 0 Å². The number of unbranched alkanes of at least 4 members (excludes halogenated alkanes) is 4. The van der Waals surface area contributed by atoms with Gasteiger partial charge < -0.3 is 15.1 Å². The molecule has 0 bridgehead atoms. The number of alkyl halides is 3. The molecule has 41 heavy (non-hydrogen) atoms. The standard InChI is InChI=1S/C32H44F3NO4S/c1-36(20-6-7-21-41(39,40)22-10-18-32(33,34)35)19-5-3-2-4-14-31-29(25-11-8-13-27(37)23-25)15-9-12-26-24-28(38)16-17-30(26)31/h8,11,13,16-17,23-24,37-38H,2-7,9-10,12,14-15,18-22H2,1H3. The molecule has 0 spiro atoms. The molecule has 2 N–H and O–H groups in total. The van der Waals surface area contributed by atoms with Gasteiger partial charge in [0.15, 0.2) is 0 Å². The number of rotatable bonds is 16. The van der Waals surface area contributed by atoms with Crippen LogP contribution in [0.3, 0.4) is 0 Å². The number of fused-ring (bicyclic) bond motifs is 1. The number of phenolic OH excluding ortho intramolecular Hbond substituents is 2. The van der Waals surface area contributed by atoms with Crippen molar-refractivity contribution >= 4 is 21.0 Å². The summed E-state index contributed by atoms with van der Waals surface area (Å²) >= 11 is 0. The van der Waals surface area contributed by atoms with Crippen molar-refractivity contribution < 1.29 is 31.8 Å². The molecule has 0 aromatic heterocycles. The summed E-state index contributed by atoms with van der Waals surface area (Å²) in [4.78, 5) is 2.19. The van der Waals surface area contributed by atoms with Crippen molar-refractivity contribution in [2.75, 3.05) is 31.6 Å². The van der Waals surface area contributed by atoms with Crippen LogP contribution in [0.25, 0.3) is 11.1 Å². The lowest BCUT2D eigenvalue weighted by molar-refractivity contribution is -0.134. The maximum absolute atomic E-state index is 12.2. The fraction of sp³-hybridized carbons (Fsp3) is 0.562. The molecule has 2 aromatic rings. The fourth-order valence-electron chi connectivity index (χ4n) is 5.60. The van der Waals surface area contributed by atoms with Crippen LogP contribution < -0.4 is 0 Å². The second kappa shape index (κ2) is 15.6. The van der Waals surface area contributed by atoms with E-state index in [-0.39, 0.29) is 23.7 Å². The van der Waals surface area contributed by atoms with Gasteiger partial charge >= 0.3 is 6.18 Å². The lowest BCUT2D eigenvalue weighted by Crippen LogP contribution is -2.22. The minimum atomic E-state index is -4.31. The van der Waals surface area contributed by atoms with E-state index in [0.29, 0.717) is 12.8 Å². The van der Waals surface area contributed by atoms with Crippen LogP contribution in [-0.2, 0) is 16.3 Å². The highest BCUT2D eigenvalue weighted by Gasteiger charge is 2.27. The van der Waals surface area contributed by atoms with Gasteiger partial charge in [-0.25, -0.2) is 8.42 Å². The zero-order chi connectivity index (χ0) is 29.9. The van der Waals surface area contributed by atoms with Crippen molar-refractivity contribution in [1.29, 1.82) is 0 Å². The Morgan fingerprint density at radius 3 is 2.24 bits per heavy atom. The number of aromatic hydroxyl groups is 2. The maximum atomic E-state index is 12.2. The average Bonchev–Trinajstić information content (AvgIpc) is 3.06. The highest BCUT2D eigenvalue weighted by Crippen LogP contribution is 2.40. The topological polar surface area (TPSA) is 77.8 Å². The highest BCUT2D eigenvalue weighted by atomic mass is 32.2. The summed E-state index contributed by atoms with van der Waals surface area (Å²) in [5.74, 6) is 0.0941. The molecule has 1 aliphatic rings. The number of sulfone groups is 1. The van der Waals surface area contributed by atoms with Crippen LogP contribution in [0.1, 0.15) is 87.3 Å². The summed E-state index contributed by atoms with van der Waals surface area (Å²) in [5.41, 5.74) is 5.99. The fourth-order valence-corrected chi connectivity index (χ4v) is 7.03. The molecule has 0 amide bonds. The van der Waals surface area contributed by atoms with E-state index in [4.69, 9.17) is 0 Å². The van der Waals surface area contributed by atoms with Crippen LogP contribution >= 0.6 is 0 Å². The molecule has 0 saturated heterocycles. The Hall–Kier alpha value is -2.52. The molecule has 1 aliphatic carbocycles. The number of phenols is 2. The van der Waals surface area contributed by atoms with Gasteiger partial charge in [0.25, 0.3) is 0 Å². The van der Waals surface area contributed by atoms with Crippen LogP contribution in [0.2, 0.25) is 0 Å². The Balaban J connectivity index is 1.42. The summed E-state index contributed by atoms with van der Waals surface area (Å²) in [7, 11) is -1.42. The molecule has 0 heterocycles. The SMILES string of the molecule is CN(CCCCCCC1=C(c2cccc(O)c2)CCCc2cc(O)ccc21)CCCCS(=O)(=O)CCCC(F)(F)F. The van der Waals surface area contributed by atoms with Gasteiger partial charge in [-0.15, -0.1) is 0 Å². The van der Waals surface area contributed by atoms with E-state index in [1.165, 1.54) is 22.3 Å². The molecule has 0 unspecified atom stereocenters. The molecule has 0 atom stereocenters. The first-order chi connectivity index (χ1) is 19.4. The van der Waals surface area contributed by atoms with Crippen LogP contribution in [0.5, 0.6) is 11.5 Å². The quantitative estimate of drug-likeness (QED) is 0.194. The minimum absolute atomic E-state index is 0.0537. The monoisotopic (exact) mass is 595 g/mol. The van der Waals surface area contributed by atoms with E-state index in [1.807, 2.05) is 31.3 Å². The van der Waals surface area contributed by atoms with Crippen molar-refractivity contribution in [3.8, 4) is 11.5 Å². The summed E-state index contributed by atoms with van der Waals surface area (Å²) in [6.45, 7) is 1.68. The number of hydrogen-bond donors (Lipinski definition) is 2.